The fraction of sp³-hybridized carbons (Fsp3) is 0.176. The summed E-state index contributed by atoms with van der Waals surface area (Å²) in [4.78, 5) is 16.3. The van der Waals surface area contributed by atoms with Gasteiger partial charge in [0.1, 0.15) is 5.65 Å². The van der Waals surface area contributed by atoms with Crippen LogP contribution in [0.1, 0.15) is 21.6 Å². The molecule has 3 rings (SSSR count). The molecule has 0 fully saturated rings. The number of pyridine rings is 1. The van der Waals surface area contributed by atoms with Gasteiger partial charge in [-0.25, -0.2) is 9.78 Å². The minimum Gasteiger partial charge on any atom is -0.465 e. The highest BCUT2D eigenvalue weighted by atomic mass is 16.5. The van der Waals surface area contributed by atoms with Gasteiger partial charge >= 0.3 is 5.97 Å². The van der Waals surface area contributed by atoms with Gasteiger partial charge in [-0.2, -0.15) is 0 Å². The number of aromatic nitrogens is 2. The van der Waals surface area contributed by atoms with Gasteiger partial charge < -0.3 is 14.9 Å². The van der Waals surface area contributed by atoms with Gasteiger partial charge in [-0.1, -0.05) is 29.8 Å². The van der Waals surface area contributed by atoms with E-state index in [0.29, 0.717) is 12.1 Å². The average Bonchev–Trinajstić information content (AvgIpc) is 2.92. The van der Waals surface area contributed by atoms with Crippen molar-refractivity contribution in [1.29, 1.82) is 0 Å². The minimum absolute atomic E-state index is 0.328. The second kappa shape index (κ2) is 5.61. The molecule has 5 nitrogen and oxygen atoms in total. The van der Waals surface area contributed by atoms with Crippen LogP contribution in [0, 0.1) is 6.92 Å². The van der Waals surface area contributed by atoms with Crippen LogP contribution in [0.25, 0.3) is 16.9 Å². The smallest absolute Gasteiger partial charge is 0.339 e. The Bertz CT molecular complexity index is 835. The Morgan fingerprint density at radius 3 is 2.59 bits per heavy atom. The lowest BCUT2D eigenvalue weighted by Crippen LogP contribution is -2.06. The molecule has 0 amide bonds. The van der Waals surface area contributed by atoms with Crippen molar-refractivity contribution in [3.63, 3.8) is 0 Å². The third-order valence-electron chi connectivity index (χ3n) is 3.66. The zero-order valence-corrected chi connectivity index (χ0v) is 12.5. The minimum atomic E-state index is -0.379. The van der Waals surface area contributed by atoms with Gasteiger partial charge in [0.15, 0.2) is 0 Å². The van der Waals surface area contributed by atoms with Crippen molar-refractivity contribution >= 4 is 11.6 Å². The van der Waals surface area contributed by atoms with E-state index in [0.717, 1.165) is 22.6 Å². The number of rotatable bonds is 3. The van der Waals surface area contributed by atoms with Gasteiger partial charge in [0.25, 0.3) is 0 Å². The second-order valence-corrected chi connectivity index (χ2v) is 5.11. The first-order valence-corrected chi connectivity index (χ1v) is 7.00. The summed E-state index contributed by atoms with van der Waals surface area (Å²) in [7, 11) is 1.36. The van der Waals surface area contributed by atoms with Gasteiger partial charge in [0, 0.05) is 18.3 Å². The van der Waals surface area contributed by atoms with E-state index >= 15 is 0 Å². The third kappa shape index (κ3) is 2.35. The van der Waals surface area contributed by atoms with Crippen molar-refractivity contribution in [2.75, 3.05) is 7.11 Å². The maximum absolute atomic E-state index is 11.7. The number of esters is 1. The lowest BCUT2D eigenvalue weighted by Gasteiger charge is -2.04. The van der Waals surface area contributed by atoms with Gasteiger partial charge in [-0.3, -0.25) is 0 Å². The molecule has 0 aliphatic rings. The van der Waals surface area contributed by atoms with Crippen molar-refractivity contribution in [3.8, 4) is 11.3 Å². The summed E-state index contributed by atoms with van der Waals surface area (Å²) in [5.74, 6) is -0.379. The molecule has 0 saturated carbocycles. The Morgan fingerprint density at radius 1 is 1.23 bits per heavy atom. The van der Waals surface area contributed by atoms with E-state index in [-0.39, 0.29) is 5.97 Å². The van der Waals surface area contributed by atoms with E-state index in [4.69, 9.17) is 10.5 Å². The van der Waals surface area contributed by atoms with Crippen LogP contribution in [-0.4, -0.2) is 22.5 Å². The van der Waals surface area contributed by atoms with Crippen molar-refractivity contribution in [2.24, 2.45) is 5.73 Å². The Morgan fingerprint density at radius 2 is 1.95 bits per heavy atom. The van der Waals surface area contributed by atoms with Crippen LogP contribution in [0.4, 0.5) is 0 Å². The number of nitrogens with zero attached hydrogens (tertiary/aromatic N) is 2. The highest BCUT2D eigenvalue weighted by Crippen LogP contribution is 2.25. The van der Waals surface area contributed by atoms with Gasteiger partial charge in [-0.15, -0.1) is 0 Å². The number of carbonyl (C=O) groups is 1. The number of fused-ring (bicyclic) bond motifs is 1. The highest BCUT2D eigenvalue weighted by Gasteiger charge is 2.15. The normalized spacial score (nSPS) is 10.9. The molecule has 0 atom stereocenters. The van der Waals surface area contributed by atoms with E-state index in [2.05, 4.69) is 4.98 Å². The van der Waals surface area contributed by atoms with Gasteiger partial charge in [0.2, 0.25) is 0 Å². The summed E-state index contributed by atoms with van der Waals surface area (Å²) in [6.07, 6.45) is 1.72. The molecule has 0 spiro atoms. The van der Waals surface area contributed by atoms with E-state index < -0.39 is 0 Å². The summed E-state index contributed by atoms with van der Waals surface area (Å²) in [5.41, 5.74) is 11.0. The Balaban J connectivity index is 2.19. The molecule has 112 valence electrons. The number of hydrogen-bond donors (Lipinski definition) is 1. The van der Waals surface area contributed by atoms with Crippen LogP contribution >= 0.6 is 0 Å². The summed E-state index contributed by atoms with van der Waals surface area (Å²) in [6, 6.07) is 11.6. The molecule has 0 radical (unpaired) electrons. The molecule has 0 unspecified atom stereocenters. The van der Waals surface area contributed by atoms with Crippen molar-refractivity contribution in [2.45, 2.75) is 13.5 Å². The fourth-order valence-electron chi connectivity index (χ4n) is 2.47. The molecule has 0 bridgehead atoms. The van der Waals surface area contributed by atoms with E-state index in [1.807, 2.05) is 35.6 Å². The summed E-state index contributed by atoms with van der Waals surface area (Å²) in [6.45, 7) is 2.37. The first-order chi connectivity index (χ1) is 10.6. The number of imidazole rings is 1. The van der Waals surface area contributed by atoms with Crippen LogP contribution in [0.3, 0.4) is 0 Å². The number of aryl methyl sites for hydroxylation is 1. The van der Waals surface area contributed by atoms with Crippen LogP contribution in [0.2, 0.25) is 0 Å². The van der Waals surface area contributed by atoms with Crippen LogP contribution < -0.4 is 5.73 Å². The zero-order valence-electron chi connectivity index (χ0n) is 12.5. The van der Waals surface area contributed by atoms with E-state index in [1.54, 1.807) is 18.3 Å². The zero-order chi connectivity index (χ0) is 15.7. The van der Waals surface area contributed by atoms with E-state index in [1.165, 1.54) is 12.7 Å². The Hall–Kier alpha value is -2.66. The monoisotopic (exact) mass is 295 g/mol. The number of ether oxygens (including phenoxy) is 1. The van der Waals surface area contributed by atoms with Crippen LogP contribution in [0.15, 0.2) is 42.6 Å². The molecule has 1 aromatic carbocycles. The molecule has 0 saturated heterocycles. The number of nitrogens with two attached hydrogens (primary N) is 1. The average molecular weight is 295 g/mol. The number of carbonyl (C=O) groups excluding carboxylic acids is 1. The molecule has 3 aromatic rings. The van der Waals surface area contributed by atoms with Crippen LogP contribution in [-0.2, 0) is 11.3 Å². The van der Waals surface area contributed by atoms with Crippen molar-refractivity contribution < 1.29 is 9.53 Å². The topological polar surface area (TPSA) is 69.6 Å². The number of hydrogen-bond acceptors (Lipinski definition) is 4. The summed E-state index contributed by atoms with van der Waals surface area (Å²) in [5, 5.41) is 0. The first kappa shape index (κ1) is 14.3. The van der Waals surface area contributed by atoms with Crippen molar-refractivity contribution in [1.82, 2.24) is 9.38 Å². The molecule has 0 aliphatic carbocycles. The molecular weight excluding hydrogens is 278 g/mol. The SMILES string of the molecule is COC(=O)c1ccc2nc(-c3ccc(C)cc3)c(CN)n2c1. The van der Waals surface area contributed by atoms with Crippen molar-refractivity contribution in [3.05, 3.63) is 59.4 Å². The highest BCUT2D eigenvalue weighted by molar-refractivity contribution is 5.89. The van der Waals surface area contributed by atoms with Gasteiger partial charge in [0.05, 0.1) is 24.1 Å². The molecule has 2 N–H and O–H groups in total. The lowest BCUT2D eigenvalue weighted by molar-refractivity contribution is 0.0600. The standard InChI is InChI=1S/C17H17N3O2/c1-11-3-5-12(6-4-11)16-14(9-18)20-10-13(17(21)22-2)7-8-15(20)19-16/h3-8,10H,9,18H2,1-2H3. The van der Waals surface area contributed by atoms with Crippen LogP contribution in [0.5, 0.6) is 0 Å². The van der Waals surface area contributed by atoms with E-state index in [9.17, 15) is 4.79 Å². The fourth-order valence-corrected chi connectivity index (χ4v) is 2.47. The second-order valence-electron chi connectivity index (χ2n) is 5.11. The molecule has 22 heavy (non-hydrogen) atoms. The number of methoxy groups -OCH3 is 1. The maximum atomic E-state index is 11.7. The predicted molar refractivity (Wildman–Crippen MR) is 84.6 cm³/mol. The largest absolute Gasteiger partial charge is 0.465 e. The lowest BCUT2D eigenvalue weighted by atomic mass is 10.1. The Kier molecular flexibility index (Phi) is 3.65. The molecule has 2 heterocycles. The summed E-state index contributed by atoms with van der Waals surface area (Å²) < 4.78 is 6.61. The summed E-state index contributed by atoms with van der Waals surface area (Å²) >= 11 is 0. The molecular formula is C17H17N3O2. The molecule has 2 aromatic heterocycles. The number of benzene rings is 1. The predicted octanol–water partition coefficient (Wildman–Crippen LogP) is 2.56. The Labute approximate surface area is 128 Å². The molecule has 0 aliphatic heterocycles. The maximum Gasteiger partial charge on any atom is 0.339 e. The first-order valence-electron chi connectivity index (χ1n) is 7.00. The third-order valence-corrected chi connectivity index (χ3v) is 3.66. The molecule has 5 heteroatoms. The van der Waals surface area contributed by atoms with Gasteiger partial charge in [-0.05, 0) is 19.1 Å². The quantitative estimate of drug-likeness (QED) is 0.754.